The molecule has 1 aromatic heterocycles. The summed E-state index contributed by atoms with van der Waals surface area (Å²) in [7, 11) is 0. The molecule has 0 fully saturated rings. The number of nitro groups is 1. The van der Waals surface area contributed by atoms with Crippen LogP contribution in [-0.2, 0) is 6.61 Å². The molecule has 12 heteroatoms. The van der Waals surface area contributed by atoms with Crippen molar-refractivity contribution in [1.29, 1.82) is 0 Å². The molecular formula is C15H10ClF2N5O4. The van der Waals surface area contributed by atoms with Gasteiger partial charge in [-0.2, -0.15) is 13.5 Å². The Morgan fingerprint density at radius 1 is 1.22 bits per heavy atom. The zero-order valence-electron chi connectivity index (χ0n) is 13.3. The second-order valence-corrected chi connectivity index (χ2v) is 5.45. The summed E-state index contributed by atoms with van der Waals surface area (Å²) in [4.78, 5) is 10.1. The van der Waals surface area contributed by atoms with Gasteiger partial charge in [-0.25, -0.2) is 0 Å². The first kappa shape index (κ1) is 18.5. The van der Waals surface area contributed by atoms with E-state index in [0.29, 0.717) is 11.5 Å². The molecule has 9 nitrogen and oxygen atoms in total. The molecule has 0 saturated carbocycles. The first-order chi connectivity index (χ1) is 12.9. The first-order valence-corrected chi connectivity index (χ1v) is 7.71. The maximum Gasteiger partial charge on any atom is 0.387 e. The van der Waals surface area contributed by atoms with Crippen LogP contribution in [0.3, 0.4) is 0 Å². The van der Waals surface area contributed by atoms with Gasteiger partial charge in [-0.3, -0.25) is 10.1 Å². The fourth-order valence-electron chi connectivity index (χ4n) is 2.13. The Morgan fingerprint density at radius 2 is 1.96 bits per heavy atom. The Bertz CT molecular complexity index is 952. The molecule has 0 atom stereocenters. The van der Waals surface area contributed by atoms with Gasteiger partial charge in [0.2, 0.25) is 0 Å². The Labute approximate surface area is 155 Å². The van der Waals surface area contributed by atoms with Gasteiger partial charge in [0.15, 0.2) is 5.82 Å². The van der Waals surface area contributed by atoms with Crippen LogP contribution in [0.4, 0.5) is 14.5 Å². The van der Waals surface area contributed by atoms with Crippen LogP contribution in [0.1, 0.15) is 5.82 Å². The van der Waals surface area contributed by atoms with Crippen LogP contribution in [0.5, 0.6) is 11.5 Å². The summed E-state index contributed by atoms with van der Waals surface area (Å²) >= 11 is 5.97. The third-order valence-corrected chi connectivity index (χ3v) is 3.62. The number of hydrogen-bond acceptors (Lipinski definition) is 7. The number of nitro benzene ring substituents is 1. The van der Waals surface area contributed by atoms with Crippen molar-refractivity contribution in [2.24, 2.45) is 0 Å². The average molecular weight is 398 g/mol. The number of ether oxygens (including phenoxy) is 2. The Morgan fingerprint density at radius 3 is 2.59 bits per heavy atom. The van der Waals surface area contributed by atoms with Crippen LogP contribution >= 0.6 is 11.6 Å². The quantitative estimate of drug-likeness (QED) is 0.444. The number of aromatic nitrogens is 4. The zero-order valence-corrected chi connectivity index (χ0v) is 14.1. The molecule has 0 N–H and O–H groups in total. The van der Waals surface area contributed by atoms with Gasteiger partial charge in [-0.15, -0.1) is 5.10 Å². The van der Waals surface area contributed by atoms with Gasteiger partial charge in [0.1, 0.15) is 18.1 Å². The van der Waals surface area contributed by atoms with Crippen molar-refractivity contribution in [3.05, 3.63) is 63.4 Å². The minimum atomic E-state index is -2.92. The number of hydrogen-bond donors (Lipinski definition) is 0. The zero-order chi connectivity index (χ0) is 19.4. The standard InChI is InChI=1S/C15H10ClF2N5O4/c16-12-7-10(23(24)25)3-6-13(12)26-8-14-19-20-21-22(14)9-1-4-11(5-2-9)27-15(17)18/h1-7,15H,8H2. The molecule has 0 radical (unpaired) electrons. The SMILES string of the molecule is O=[N+]([O-])c1ccc(OCc2nnnn2-c2ccc(OC(F)F)cc2)c(Cl)c1. The highest BCUT2D eigenvalue weighted by Crippen LogP contribution is 2.29. The highest BCUT2D eigenvalue weighted by molar-refractivity contribution is 6.32. The van der Waals surface area contributed by atoms with E-state index in [1.54, 1.807) is 0 Å². The largest absolute Gasteiger partial charge is 0.484 e. The molecule has 1 heterocycles. The number of halogens is 3. The lowest BCUT2D eigenvalue weighted by atomic mass is 10.3. The molecule has 0 amide bonds. The molecule has 0 aliphatic carbocycles. The summed E-state index contributed by atoms with van der Waals surface area (Å²) in [5.74, 6) is 0.515. The lowest BCUT2D eigenvalue weighted by Gasteiger charge is -2.09. The molecule has 0 saturated heterocycles. The van der Waals surface area contributed by atoms with Crippen LogP contribution in [0.2, 0.25) is 5.02 Å². The van der Waals surface area contributed by atoms with Gasteiger partial charge < -0.3 is 9.47 Å². The predicted octanol–water partition coefficient (Wildman–Crippen LogP) is 3.40. The number of rotatable bonds is 7. The van der Waals surface area contributed by atoms with E-state index >= 15 is 0 Å². The molecule has 0 aliphatic heterocycles. The van der Waals surface area contributed by atoms with Gasteiger partial charge in [0.05, 0.1) is 15.6 Å². The molecule has 0 spiro atoms. The van der Waals surface area contributed by atoms with Crippen molar-refractivity contribution in [3.8, 4) is 17.2 Å². The van der Waals surface area contributed by atoms with E-state index in [0.717, 1.165) is 0 Å². The highest BCUT2D eigenvalue weighted by Gasteiger charge is 2.14. The lowest BCUT2D eigenvalue weighted by molar-refractivity contribution is -0.384. The van der Waals surface area contributed by atoms with Crippen molar-refractivity contribution in [3.63, 3.8) is 0 Å². The Kier molecular flexibility index (Phi) is 5.41. The lowest BCUT2D eigenvalue weighted by Crippen LogP contribution is -2.07. The number of tetrazole rings is 1. The Balaban J connectivity index is 1.73. The first-order valence-electron chi connectivity index (χ1n) is 7.33. The van der Waals surface area contributed by atoms with E-state index in [1.807, 2.05) is 0 Å². The number of benzene rings is 2. The summed E-state index contributed by atoms with van der Waals surface area (Å²) < 4.78 is 35.5. The van der Waals surface area contributed by atoms with Gasteiger partial charge in [-0.05, 0) is 40.8 Å². The predicted molar refractivity (Wildman–Crippen MR) is 88.2 cm³/mol. The summed E-state index contributed by atoms with van der Waals surface area (Å²) in [6.07, 6.45) is 0. The van der Waals surface area contributed by atoms with Crippen LogP contribution in [0, 0.1) is 10.1 Å². The molecule has 140 valence electrons. The topological polar surface area (TPSA) is 105 Å². The third kappa shape index (κ3) is 4.44. The van der Waals surface area contributed by atoms with Gasteiger partial charge >= 0.3 is 6.61 Å². The summed E-state index contributed by atoms with van der Waals surface area (Å²) in [5, 5.41) is 22.0. The second-order valence-electron chi connectivity index (χ2n) is 5.04. The fraction of sp³-hybridized carbons (Fsp3) is 0.133. The monoisotopic (exact) mass is 397 g/mol. The Hall–Kier alpha value is -3.34. The summed E-state index contributed by atoms with van der Waals surface area (Å²) in [5.41, 5.74) is 0.332. The number of non-ortho nitro benzene ring substituents is 1. The maximum absolute atomic E-state index is 12.2. The van der Waals surface area contributed by atoms with Crippen LogP contribution < -0.4 is 9.47 Å². The van der Waals surface area contributed by atoms with E-state index in [-0.39, 0.29) is 28.8 Å². The smallest absolute Gasteiger partial charge is 0.387 e. The van der Waals surface area contributed by atoms with Crippen molar-refractivity contribution >= 4 is 17.3 Å². The van der Waals surface area contributed by atoms with Crippen LogP contribution in [0.15, 0.2) is 42.5 Å². The number of alkyl halides is 2. The minimum absolute atomic E-state index is 0.00251. The van der Waals surface area contributed by atoms with Gasteiger partial charge in [0, 0.05) is 12.1 Å². The summed E-state index contributed by atoms with van der Waals surface area (Å²) in [6, 6.07) is 9.48. The van der Waals surface area contributed by atoms with E-state index in [1.165, 1.54) is 47.1 Å². The van der Waals surface area contributed by atoms with E-state index < -0.39 is 11.5 Å². The molecule has 0 unspecified atom stereocenters. The second kappa shape index (κ2) is 7.91. The summed E-state index contributed by atoms with van der Waals surface area (Å²) in [6.45, 7) is -3.00. The molecule has 27 heavy (non-hydrogen) atoms. The van der Waals surface area contributed by atoms with Crippen LogP contribution in [-0.4, -0.2) is 31.7 Å². The van der Waals surface area contributed by atoms with E-state index in [4.69, 9.17) is 16.3 Å². The van der Waals surface area contributed by atoms with Crippen molar-refractivity contribution in [2.45, 2.75) is 13.2 Å². The van der Waals surface area contributed by atoms with Gasteiger partial charge in [0.25, 0.3) is 5.69 Å². The average Bonchev–Trinajstić information content (AvgIpc) is 3.09. The normalized spacial score (nSPS) is 10.8. The van der Waals surface area contributed by atoms with E-state index in [9.17, 15) is 18.9 Å². The van der Waals surface area contributed by atoms with Gasteiger partial charge in [-0.1, -0.05) is 11.6 Å². The van der Waals surface area contributed by atoms with E-state index in [2.05, 4.69) is 20.3 Å². The highest BCUT2D eigenvalue weighted by atomic mass is 35.5. The molecule has 2 aromatic carbocycles. The van der Waals surface area contributed by atoms with Crippen molar-refractivity contribution < 1.29 is 23.2 Å². The molecule has 3 aromatic rings. The molecule has 3 rings (SSSR count). The minimum Gasteiger partial charge on any atom is -0.484 e. The van der Waals surface area contributed by atoms with Crippen LogP contribution in [0.25, 0.3) is 5.69 Å². The fourth-order valence-corrected chi connectivity index (χ4v) is 2.36. The maximum atomic E-state index is 12.2. The molecule has 0 bridgehead atoms. The van der Waals surface area contributed by atoms with Crippen molar-refractivity contribution in [1.82, 2.24) is 20.2 Å². The third-order valence-electron chi connectivity index (χ3n) is 3.32. The number of nitrogens with zero attached hydrogens (tertiary/aromatic N) is 5. The van der Waals surface area contributed by atoms with Crippen molar-refractivity contribution in [2.75, 3.05) is 0 Å². The molecule has 0 aliphatic rings. The molecular weight excluding hydrogens is 388 g/mol.